The molecular formula is C27H44. The van der Waals surface area contributed by atoms with E-state index in [1.807, 2.05) is 0 Å². The van der Waals surface area contributed by atoms with E-state index in [1.54, 1.807) is 0 Å². The van der Waals surface area contributed by atoms with Crippen molar-refractivity contribution in [2.75, 3.05) is 0 Å². The molecule has 0 saturated carbocycles. The molecule has 0 aromatic carbocycles. The van der Waals surface area contributed by atoms with E-state index in [0.717, 1.165) is 25.7 Å². The maximum Gasteiger partial charge on any atom is 0.0315 e. The average Bonchev–Trinajstić information content (AvgIpc) is 2.68. The third-order valence-corrected chi connectivity index (χ3v) is 4.88. The zero-order valence-corrected chi connectivity index (χ0v) is 18.8. The molecule has 0 bridgehead atoms. The van der Waals surface area contributed by atoms with Gasteiger partial charge in [0, 0.05) is 5.41 Å². The SMILES string of the molecule is C=CC(C=CC)(CCCC)C(C=CCC)=C(C=CCCC)C=CCCCC. The summed E-state index contributed by atoms with van der Waals surface area (Å²) in [7, 11) is 0. The van der Waals surface area contributed by atoms with Gasteiger partial charge in [-0.2, -0.15) is 0 Å². The predicted molar refractivity (Wildman–Crippen MR) is 126 cm³/mol. The zero-order valence-electron chi connectivity index (χ0n) is 18.8. The Morgan fingerprint density at radius 3 is 2.00 bits per heavy atom. The summed E-state index contributed by atoms with van der Waals surface area (Å²) in [5.41, 5.74) is 2.61. The Morgan fingerprint density at radius 1 is 0.815 bits per heavy atom. The highest BCUT2D eigenvalue weighted by Gasteiger charge is 2.27. The van der Waals surface area contributed by atoms with Crippen LogP contribution in [0, 0.1) is 5.41 Å². The standard InChI is InChI=1S/C27H44/c1-7-13-17-19-21-25(20-18-14-8-2)26(22-15-9-3)27(12-6,23-11-5)24-16-10-4/h11-12,15,18-23H,6-10,13-14,16-17,24H2,1-5H3. The highest BCUT2D eigenvalue weighted by atomic mass is 14.3. The Bertz CT molecular complexity index is 524. The van der Waals surface area contributed by atoms with Crippen LogP contribution in [0.4, 0.5) is 0 Å². The van der Waals surface area contributed by atoms with E-state index < -0.39 is 0 Å². The molecule has 0 spiro atoms. The third kappa shape index (κ3) is 9.80. The second-order valence-corrected chi connectivity index (χ2v) is 7.26. The first-order valence-electron chi connectivity index (χ1n) is 11.2. The topological polar surface area (TPSA) is 0 Å². The molecule has 0 aliphatic carbocycles. The average molecular weight is 369 g/mol. The lowest BCUT2D eigenvalue weighted by atomic mass is 9.73. The van der Waals surface area contributed by atoms with Gasteiger partial charge < -0.3 is 0 Å². The molecule has 0 aromatic rings. The number of unbranched alkanes of at least 4 members (excludes halogenated alkanes) is 4. The number of hydrogen-bond donors (Lipinski definition) is 0. The summed E-state index contributed by atoms with van der Waals surface area (Å²) in [5, 5.41) is 0. The minimum absolute atomic E-state index is 0.0998. The summed E-state index contributed by atoms with van der Waals surface area (Å²) < 4.78 is 0. The zero-order chi connectivity index (χ0) is 20.4. The van der Waals surface area contributed by atoms with Gasteiger partial charge in [-0.05, 0) is 43.8 Å². The molecule has 0 aliphatic rings. The fourth-order valence-corrected chi connectivity index (χ4v) is 3.25. The first-order chi connectivity index (χ1) is 13.2. The van der Waals surface area contributed by atoms with Crippen molar-refractivity contribution in [3.05, 3.63) is 72.4 Å². The molecule has 27 heavy (non-hydrogen) atoms. The van der Waals surface area contributed by atoms with Gasteiger partial charge in [0.2, 0.25) is 0 Å². The Kier molecular flexibility index (Phi) is 15.6. The van der Waals surface area contributed by atoms with Crippen molar-refractivity contribution in [1.82, 2.24) is 0 Å². The van der Waals surface area contributed by atoms with Gasteiger partial charge >= 0.3 is 0 Å². The second kappa shape index (κ2) is 16.6. The van der Waals surface area contributed by atoms with Gasteiger partial charge in [0.05, 0.1) is 0 Å². The lowest BCUT2D eigenvalue weighted by Crippen LogP contribution is -2.18. The molecule has 1 atom stereocenters. The predicted octanol–water partition coefficient (Wildman–Crippen LogP) is 9.29. The van der Waals surface area contributed by atoms with E-state index >= 15 is 0 Å². The minimum atomic E-state index is -0.0998. The summed E-state index contributed by atoms with van der Waals surface area (Å²) in [6.07, 6.45) is 31.1. The van der Waals surface area contributed by atoms with Gasteiger partial charge in [-0.1, -0.05) is 114 Å². The first kappa shape index (κ1) is 25.4. The Morgan fingerprint density at radius 2 is 1.48 bits per heavy atom. The molecule has 0 heteroatoms. The molecule has 0 fully saturated rings. The largest absolute Gasteiger partial charge is 0.102 e. The van der Waals surface area contributed by atoms with Crippen LogP contribution in [0.1, 0.15) is 92.4 Å². The van der Waals surface area contributed by atoms with Crippen LogP contribution in [0.3, 0.4) is 0 Å². The van der Waals surface area contributed by atoms with Crippen LogP contribution in [-0.2, 0) is 0 Å². The van der Waals surface area contributed by atoms with E-state index in [2.05, 4.69) is 95.9 Å². The van der Waals surface area contributed by atoms with Crippen molar-refractivity contribution in [1.29, 1.82) is 0 Å². The number of hydrogen-bond acceptors (Lipinski definition) is 0. The summed E-state index contributed by atoms with van der Waals surface area (Å²) >= 11 is 0. The van der Waals surface area contributed by atoms with Crippen LogP contribution >= 0.6 is 0 Å². The van der Waals surface area contributed by atoms with E-state index in [-0.39, 0.29) is 5.41 Å². The molecule has 0 heterocycles. The van der Waals surface area contributed by atoms with Crippen LogP contribution in [0.25, 0.3) is 0 Å². The highest BCUT2D eigenvalue weighted by molar-refractivity contribution is 5.48. The molecule has 0 rings (SSSR count). The molecule has 0 amide bonds. The number of rotatable bonds is 15. The molecule has 1 unspecified atom stereocenters. The second-order valence-electron chi connectivity index (χ2n) is 7.26. The van der Waals surface area contributed by atoms with Crippen LogP contribution in [0.15, 0.2) is 72.4 Å². The Balaban J connectivity index is 6.38. The van der Waals surface area contributed by atoms with Crippen LogP contribution in [0.5, 0.6) is 0 Å². The van der Waals surface area contributed by atoms with Crippen molar-refractivity contribution in [3.8, 4) is 0 Å². The van der Waals surface area contributed by atoms with Gasteiger partial charge in [-0.15, -0.1) is 6.58 Å². The van der Waals surface area contributed by atoms with Gasteiger partial charge in [-0.3, -0.25) is 0 Å². The molecule has 0 aliphatic heterocycles. The van der Waals surface area contributed by atoms with E-state index in [1.165, 1.54) is 43.3 Å². The summed E-state index contributed by atoms with van der Waals surface area (Å²) in [6.45, 7) is 15.3. The lowest BCUT2D eigenvalue weighted by Gasteiger charge is -2.31. The first-order valence-corrected chi connectivity index (χ1v) is 11.2. The normalized spacial score (nSPS) is 15.9. The quantitative estimate of drug-likeness (QED) is 0.153. The third-order valence-electron chi connectivity index (χ3n) is 4.88. The Labute approximate surface area is 170 Å². The highest BCUT2D eigenvalue weighted by Crippen LogP contribution is 2.40. The van der Waals surface area contributed by atoms with Crippen LogP contribution in [-0.4, -0.2) is 0 Å². The molecule has 0 radical (unpaired) electrons. The van der Waals surface area contributed by atoms with Gasteiger partial charge in [-0.25, -0.2) is 0 Å². The smallest absolute Gasteiger partial charge is 0.0315 e. The maximum absolute atomic E-state index is 4.25. The fraction of sp³-hybridized carbons (Fsp3) is 0.556. The molecule has 152 valence electrons. The van der Waals surface area contributed by atoms with Crippen LogP contribution in [0.2, 0.25) is 0 Å². The van der Waals surface area contributed by atoms with Gasteiger partial charge in [0.1, 0.15) is 0 Å². The van der Waals surface area contributed by atoms with E-state index in [4.69, 9.17) is 0 Å². The molecular weight excluding hydrogens is 324 g/mol. The number of allylic oxidation sites excluding steroid dienone is 11. The van der Waals surface area contributed by atoms with Gasteiger partial charge in [0.15, 0.2) is 0 Å². The van der Waals surface area contributed by atoms with Crippen molar-refractivity contribution in [2.24, 2.45) is 5.41 Å². The van der Waals surface area contributed by atoms with Crippen molar-refractivity contribution in [3.63, 3.8) is 0 Å². The molecule has 0 nitrogen and oxygen atoms in total. The fourth-order valence-electron chi connectivity index (χ4n) is 3.25. The monoisotopic (exact) mass is 368 g/mol. The summed E-state index contributed by atoms with van der Waals surface area (Å²) in [5.74, 6) is 0. The Hall–Kier alpha value is -1.56. The molecule has 0 aromatic heterocycles. The van der Waals surface area contributed by atoms with Crippen LogP contribution < -0.4 is 0 Å². The summed E-state index contributed by atoms with van der Waals surface area (Å²) in [6, 6.07) is 0. The minimum Gasteiger partial charge on any atom is -0.102 e. The maximum atomic E-state index is 4.25. The van der Waals surface area contributed by atoms with E-state index in [9.17, 15) is 0 Å². The molecule has 0 saturated heterocycles. The molecule has 0 N–H and O–H groups in total. The summed E-state index contributed by atoms with van der Waals surface area (Å²) in [4.78, 5) is 0. The lowest BCUT2D eigenvalue weighted by molar-refractivity contribution is 0.509. The van der Waals surface area contributed by atoms with Crippen molar-refractivity contribution >= 4 is 0 Å². The van der Waals surface area contributed by atoms with Gasteiger partial charge in [0.25, 0.3) is 0 Å². The van der Waals surface area contributed by atoms with Crippen molar-refractivity contribution in [2.45, 2.75) is 92.4 Å². The van der Waals surface area contributed by atoms with Crippen molar-refractivity contribution < 1.29 is 0 Å². The van der Waals surface area contributed by atoms with E-state index in [0.29, 0.717) is 0 Å².